The van der Waals surface area contributed by atoms with Crippen LogP contribution in [0.2, 0.25) is 0 Å². The first-order chi connectivity index (χ1) is 4.83. The van der Waals surface area contributed by atoms with Gasteiger partial charge in [0, 0.05) is 11.8 Å². The SMILES string of the molecule is CC(Cl)CC(C)(C)OC(=O)O. The van der Waals surface area contributed by atoms with Crippen molar-refractivity contribution in [1.82, 2.24) is 0 Å². The normalized spacial score (nSPS) is 14.2. The fraction of sp³-hybridized carbons (Fsp3) is 0.857. The first kappa shape index (κ1) is 10.6. The standard InChI is InChI=1S/C7H13ClO3/c1-5(8)4-7(2,3)11-6(9)10/h5H,4H2,1-3H3,(H,9,10). The second-order valence-corrected chi connectivity index (χ2v) is 3.86. The molecule has 0 aliphatic rings. The molecule has 0 fully saturated rings. The molecule has 1 unspecified atom stereocenters. The molecule has 0 aliphatic carbocycles. The zero-order chi connectivity index (χ0) is 9.07. The number of rotatable bonds is 3. The maximum Gasteiger partial charge on any atom is 0.506 e. The molecule has 0 aliphatic heterocycles. The van der Waals surface area contributed by atoms with Gasteiger partial charge in [0.05, 0.1) is 0 Å². The second kappa shape index (κ2) is 3.81. The molecule has 0 bridgehead atoms. The third kappa shape index (κ3) is 5.98. The maximum atomic E-state index is 10.1. The van der Waals surface area contributed by atoms with Gasteiger partial charge in [-0.05, 0) is 20.8 Å². The van der Waals surface area contributed by atoms with E-state index < -0.39 is 11.8 Å². The quantitative estimate of drug-likeness (QED) is 0.536. The number of halogens is 1. The van der Waals surface area contributed by atoms with Gasteiger partial charge >= 0.3 is 6.16 Å². The highest BCUT2D eigenvalue weighted by molar-refractivity contribution is 6.20. The van der Waals surface area contributed by atoms with Crippen LogP contribution in [0, 0.1) is 0 Å². The van der Waals surface area contributed by atoms with Crippen molar-refractivity contribution < 1.29 is 14.6 Å². The van der Waals surface area contributed by atoms with Gasteiger partial charge in [-0.15, -0.1) is 11.6 Å². The minimum Gasteiger partial charge on any atom is -0.450 e. The Morgan fingerprint density at radius 2 is 2.18 bits per heavy atom. The molecule has 0 aromatic rings. The molecule has 0 aromatic carbocycles. The fourth-order valence-corrected chi connectivity index (χ4v) is 1.33. The summed E-state index contributed by atoms with van der Waals surface area (Å²) in [5, 5.41) is 8.22. The van der Waals surface area contributed by atoms with Gasteiger partial charge in [0.2, 0.25) is 0 Å². The lowest BCUT2D eigenvalue weighted by atomic mass is 10.0. The van der Waals surface area contributed by atoms with Crippen molar-refractivity contribution in [1.29, 1.82) is 0 Å². The number of hydrogen-bond donors (Lipinski definition) is 1. The Morgan fingerprint density at radius 1 is 1.73 bits per heavy atom. The largest absolute Gasteiger partial charge is 0.506 e. The first-order valence-corrected chi connectivity index (χ1v) is 3.83. The van der Waals surface area contributed by atoms with Crippen LogP contribution in [0.1, 0.15) is 27.2 Å². The van der Waals surface area contributed by atoms with Crippen LogP contribution in [0.4, 0.5) is 4.79 Å². The smallest absolute Gasteiger partial charge is 0.450 e. The Bertz CT molecular complexity index is 143. The Kier molecular flexibility index (Phi) is 3.66. The predicted octanol–water partition coefficient (Wildman–Crippen LogP) is 2.48. The van der Waals surface area contributed by atoms with Crippen LogP contribution in [-0.4, -0.2) is 22.2 Å². The lowest BCUT2D eigenvalue weighted by Gasteiger charge is -2.23. The van der Waals surface area contributed by atoms with Crippen LogP contribution >= 0.6 is 11.6 Å². The molecule has 0 radical (unpaired) electrons. The van der Waals surface area contributed by atoms with E-state index in [9.17, 15) is 4.79 Å². The first-order valence-electron chi connectivity index (χ1n) is 3.39. The topological polar surface area (TPSA) is 46.5 Å². The van der Waals surface area contributed by atoms with Crippen LogP contribution in [0.25, 0.3) is 0 Å². The summed E-state index contributed by atoms with van der Waals surface area (Å²) in [4.78, 5) is 10.1. The molecule has 11 heavy (non-hydrogen) atoms. The highest BCUT2D eigenvalue weighted by Crippen LogP contribution is 2.19. The lowest BCUT2D eigenvalue weighted by molar-refractivity contribution is -0.000662. The van der Waals surface area contributed by atoms with Crippen molar-refractivity contribution >= 4 is 17.8 Å². The van der Waals surface area contributed by atoms with E-state index in [-0.39, 0.29) is 5.38 Å². The molecular weight excluding hydrogens is 168 g/mol. The number of carbonyl (C=O) groups is 1. The van der Waals surface area contributed by atoms with Crippen LogP contribution in [0.5, 0.6) is 0 Å². The molecule has 0 aromatic heterocycles. The van der Waals surface area contributed by atoms with Gasteiger partial charge in [0.25, 0.3) is 0 Å². The molecular formula is C7H13ClO3. The van der Waals surface area contributed by atoms with Gasteiger partial charge in [0.15, 0.2) is 0 Å². The van der Waals surface area contributed by atoms with Gasteiger partial charge in [-0.25, -0.2) is 4.79 Å². The van der Waals surface area contributed by atoms with E-state index in [0.29, 0.717) is 6.42 Å². The zero-order valence-electron chi connectivity index (χ0n) is 6.93. The third-order valence-corrected chi connectivity index (χ3v) is 1.29. The molecule has 0 spiro atoms. The van der Waals surface area contributed by atoms with Crippen molar-refractivity contribution in [3.8, 4) is 0 Å². The Morgan fingerprint density at radius 3 is 2.45 bits per heavy atom. The highest BCUT2D eigenvalue weighted by atomic mass is 35.5. The van der Waals surface area contributed by atoms with Gasteiger partial charge < -0.3 is 9.84 Å². The monoisotopic (exact) mass is 180 g/mol. The summed E-state index contributed by atoms with van der Waals surface area (Å²) >= 11 is 5.67. The van der Waals surface area contributed by atoms with Gasteiger partial charge in [-0.3, -0.25) is 0 Å². The molecule has 1 atom stereocenters. The Balaban J connectivity index is 3.89. The van der Waals surface area contributed by atoms with Crippen molar-refractivity contribution in [2.75, 3.05) is 0 Å². The van der Waals surface area contributed by atoms with E-state index in [1.807, 2.05) is 0 Å². The minimum atomic E-state index is -1.26. The summed E-state index contributed by atoms with van der Waals surface area (Å²) in [6.07, 6.45) is -0.742. The summed E-state index contributed by atoms with van der Waals surface area (Å²) in [5.41, 5.74) is -0.688. The second-order valence-electron chi connectivity index (χ2n) is 3.11. The lowest BCUT2D eigenvalue weighted by Crippen LogP contribution is -2.29. The summed E-state index contributed by atoms with van der Waals surface area (Å²) in [6, 6.07) is 0. The summed E-state index contributed by atoms with van der Waals surface area (Å²) < 4.78 is 4.58. The molecule has 0 amide bonds. The van der Waals surface area contributed by atoms with Crippen LogP contribution < -0.4 is 0 Å². The van der Waals surface area contributed by atoms with Crippen LogP contribution in [0.3, 0.4) is 0 Å². The Labute approximate surface area is 71.3 Å². The molecule has 1 N–H and O–H groups in total. The van der Waals surface area contributed by atoms with Gasteiger partial charge in [-0.2, -0.15) is 0 Å². The molecule has 4 heteroatoms. The summed E-state index contributed by atoms with van der Waals surface area (Å²) in [5.74, 6) is 0. The molecule has 3 nitrogen and oxygen atoms in total. The van der Waals surface area contributed by atoms with Gasteiger partial charge in [-0.1, -0.05) is 0 Å². The minimum absolute atomic E-state index is 0.0793. The molecule has 0 heterocycles. The van der Waals surface area contributed by atoms with Crippen molar-refractivity contribution in [3.63, 3.8) is 0 Å². The summed E-state index contributed by atoms with van der Waals surface area (Å²) in [7, 11) is 0. The van der Waals surface area contributed by atoms with Gasteiger partial charge in [0.1, 0.15) is 5.60 Å². The van der Waals surface area contributed by atoms with E-state index in [1.165, 1.54) is 0 Å². The van der Waals surface area contributed by atoms with E-state index in [1.54, 1.807) is 20.8 Å². The molecule has 0 saturated heterocycles. The highest BCUT2D eigenvalue weighted by Gasteiger charge is 2.24. The van der Waals surface area contributed by atoms with Crippen LogP contribution in [0.15, 0.2) is 0 Å². The van der Waals surface area contributed by atoms with Crippen molar-refractivity contribution in [2.45, 2.75) is 38.2 Å². The average Bonchev–Trinajstić information content (AvgIpc) is 1.53. The predicted molar refractivity (Wildman–Crippen MR) is 43.1 cm³/mol. The zero-order valence-corrected chi connectivity index (χ0v) is 7.68. The van der Waals surface area contributed by atoms with E-state index in [4.69, 9.17) is 16.7 Å². The third-order valence-electron chi connectivity index (χ3n) is 1.14. The van der Waals surface area contributed by atoms with E-state index in [0.717, 1.165) is 0 Å². The number of carboxylic acid groups (broad SMARTS) is 1. The van der Waals surface area contributed by atoms with Crippen molar-refractivity contribution in [3.05, 3.63) is 0 Å². The van der Waals surface area contributed by atoms with E-state index >= 15 is 0 Å². The molecule has 66 valence electrons. The average molecular weight is 181 g/mol. The molecule has 0 rings (SSSR count). The Hall–Kier alpha value is -0.440. The fourth-order valence-electron chi connectivity index (χ4n) is 0.955. The number of ether oxygens (including phenoxy) is 1. The summed E-state index contributed by atoms with van der Waals surface area (Å²) in [6.45, 7) is 5.19. The molecule has 0 saturated carbocycles. The van der Waals surface area contributed by atoms with Crippen molar-refractivity contribution in [2.24, 2.45) is 0 Å². The van der Waals surface area contributed by atoms with E-state index in [2.05, 4.69) is 4.74 Å². The van der Waals surface area contributed by atoms with Crippen LogP contribution in [-0.2, 0) is 4.74 Å². The maximum absolute atomic E-state index is 10.1. The number of alkyl halides is 1. The number of hydrogen-bond acceptors (Lipinski definition) is 2.